The number of esters is 1. The van der Waals surface area contributed by atoms with Crippen molar-refractivity contribution in [3.05, 3.63) is 65.5 Å². The summed E-state index contributed by atoms with van der Waals surface area (Å²) < 4.78 is 6.95. The monoisotopic (exact) mass is 307 g/mol. The number of hydrogen-bond acceptors (Lipinski definition) is 4. The fourth-order valence-corrected chi connectivity index (χ4v) is 2.38. The summed E-state index contributed by atoms with van der Waals surface area (Å²) in [5.74, 6) is -0.389. The molecule has 2 aromatic heterocycles. The molecule has 0 atom stereocenters. The quantitative estimate of drug-likeness (QED) is 0.695. The summed E-state index contributed by atoms with van der Waals surface area (Å²) in [5.41, 5.74) is 3.09. The predicted molar refractivity (Wildman–Crippen MR) is 89.0 cm³/mol. The summed E-state index contributed by atoms with van der Waals surface area (Å²) in [4.78, 5) is 16.4. The van der Waals surface area contributed by atoms with Gasteiger partial charge in [-0.1, -0.05) is 36.4 Å². The molecule has 0 aliphatic rings. The van der Waals surface area contributed by atoms with Gasteiger partial charge in [-0.05, 0) is 24.6 Å². The minimum Gasteiger partial charge on any atom is -0.458 e. The van der Waals surface area contributed by atoms with Gasteiger partial charge in [0.25, 0.3) is 0 Å². The minimum atomic E-state index is -0.389. The molecule has 0 saturated carbocycles. The predicted octanol–water partition coefficient (Wildman–Crippen LogP) is 3.15. The van der Waals surface area contributed by atoms with Gasteiger partial charge in [-0.25, -0.2) is 9.78 Å². The van der Waals surface area contributed by atoms with Crippen LogP contribution >= 0.6 is 0 Å². The molecule has 0 aliphatic carbocycles. The van der Waals surface area contributed by atoms with Gasteiger partial charge < -0.3 is 4.74 Å². The molecule has 2 heterocycles. The SMILES string of the molecule is Cc1nn(C)c2ncc(C(=O)OC/C=C/c3ccccc3)cc12. The number of aromatic nitrogens is 3. The number of carbonyl (C=O) groups is 1. The van der Waals surface area contributed by atoms with Crippen LogP contribution in [-0.4, -0.2) is 27.3 Å². The van der Waals surface area contributed by atoms with Crippen molar-refractivity contribution in [3.8, 4) is 0 Å². The highest BCUT2D eigenvalue weighted by atomic mass is 16.5. The third kappa shape index (κ3) is 3.29. The Balaban J connectivity index is 1.66. The smallest absolute Gasteiger partial charge is 0.340 e. The van der Waals surface area contributed by atoms with Crippen molar-refractivity contribution in [1.82, 2.24) is 14.8 Å². The van der Waals surface area contributed by atoms with Crippen molar-refractivity contribution in [2.45, 2.75) is 6.92 Å². The maximum Gasteiger partial charge on any atom is 0.340 e. The highest BCUT2D eigenvalue weighted by molar-refractivity contribution is 5.93. The highest BCUT2D eigenvalue weighted by Crippen LogP contribution is 2.17. The molecule has 0 bridgehead atoms. The van der Waals surface area contributed by atoms with Gasteiger partial charge in [-0.15, -0.1) is 0 Å². The molecule has 5 nitrogen and oxygen atoms in total. The number of aryl methyl sites for hydroxylation is 2. The zero-order chi connectivity index (χ0) is 16.2. The van der Waals surface area contributed by atoms with Crippen molar-refractivity contribution in [3.63, 3.8) is 0 Å². The number of rotatable bonds is 4. The molecule has 0 radical (unpaired) electrons. The number of pyridine rings is 1. The Morgan fingerprint density at radius 2 is 2.09 bits per heavy atom. The topological polar surface area (TPSA) is 57.0 Å². The second-order valence-corrected chi connectivity index (χ2v) is 5.22. The van der Waals surface area contributed by atoms with Gasteiger partial charge in [0.2, 0.25) is 0 Å². The van der Waals surface area contributed by atoms with E-state index >= 15 is 0 Å². The maximum atomic E-state index is 12.1. The van der Waals surface area contributed by atoms with Crippen LogP contribution in [0.25, 0.3) is 17.1 Å². The lowest BCUT2D eigenvalue weighted by Crippen LogP contribution is -2.05. The van der Waals surface area contributed by atoms with E-state index in [0.29, 0.717) is 5.56 Å². The lowest BCUT2D eigenvalue weighted by molar-refractivity contribution is 0.0550. The molecule has 3 aromatic rings. The highest BCUT2D eigenvalue weighted by Gasteiger charge is 2.12. The number of hydrogen-bond donors (Lipinski definition) is 0. The summed E-state index contributed by atoms with van der Waals surface area (Å²) in [6.45, 7) is 2.11. The third-order valence-electron chi connectivity index (χ3n) is 3.52. The molecule has 5 heteroatoms. The number of fused-ring (bicyclic) bond motifs is 1. The second kappa shape index (κ2) is 6.44. The van der Waals surface area contributed by atoms with Gasteiger partial charge in [-0.2, -0.15) is 5.10 Å². The first-order valence-corrected chi connectivity index (χ1v) is 7.33. The largest absolute Gasteiger partial charge is 0.458 e. The average Bonchev–Trinajstić information content (AvgIpc) is 2.86. The van der Waals surface area contributed by atoms with Crippen molar-refractivity contribution in [1.29, 1.82) is 0 Å². The summed E-state index contributed by atoms with van der Waals surface area (Å²) >= 11 is 0. The van der Waals surface area contributed by atoms with Crippen molar-refractivity contribution in [2.24, 2.45) is 7.05 Å². The van der Waals surface area contributed by atoms with Crippen LogP contribution in [0.2, 0.25) is 0 Å². The van der Waals surface area contributed by atoms with Crippen LogP contribution in [0.5, 0.6) is 0 Å². The summed E-state index contributed by atoms with van der Waals surface area (Å²) in [6.07, 6.45) is 5.25. The van der Waals surface area contributed by atoms with Gasteiger partial charge in [0.05, 0.1) is 11.3 Å². The molecule has 0 amide bonds. The Labute approximate surface area is 134 Å². The van der Waals surface area contributed by atoms with Crippen molar-refractivity contribution < 1.29 is 9.53 Å². The van der Waals surface area contributed by atoms with E-state index < -0.39 is 0 Å². The van der Waals surface area contributed by atoms with Gasteiger partial charge in [0, 0.05) is 18.6 Å². The third-order valence-corrected chi connectivity index (χ3v) is 3.52. The first-order chi connectivity index (χ1) is 11.1. The van der Waals surface area contributed by atoms with E-state index in [0.717, 1.165) is 22.3 Å². The van der Waals surface area contributed by atoms with E-state index in [1.165, 1.54) is 6.20 Å². The molecule has 0 aliphatic heterocycles. The molecule has 116 valence electrons. The normalized spacial score (nSPS) is 11.2. The van der Waals surface area contributed by atoms with Crippen LogP contribution < -0.4 is 0 Å². The molecule has 0 unspecified atom stereocenters. The zero-order valence-corrected chi connectivity index (χ0v) is 13.1. The van der Waals surface area contributed by atoms with Crippen LogP contribution in [0, 0.1) is 6.92 Å². The average molecular weight is 307 g/mol. The standard InChI is InChI=1S/C18H17N3O2/c1-13-16-11-15(12-19-17(16)21(2)20-13)18(22)23-10-6-9-14-7-4-3-5-8-14/h3-9,11-12H,10H2,1-2H3/b9-6+. The Morgan fingerprint density at radius 1 is 1.30 bits per heavy atom. The van der Waals surface area contributed by atoms with Gasteiger partial charge in [-0.3, -0.25) is 4.68 Å². The van der Waals surface area contributed by atoms with Crippen LogP contribution in [0.1, 0.15) is 21.6 Å². The van der Waals surface area contributed by atoms with E-state index in [-0.39, 0.29) is 12.6 Å². The van der Waals surface area contributed by atoms with E-state index in [1.54, 1.807) is 10.7 Å². The molecule has 0 saturated heterocycles. The fraction of sp³-hybridized carbons (Fsp3) is 0.167. The first kappa shape index (κ1) is 15.0. The first-order valence-electron chi connectivity index (χ1n) is 7.33. The Kier molecular flexibility index (Phi) is 4.19. The minimum absolute atomic E-state index is 0.220. The number of ether oxygens (including phenoxy) is 1. The van der Waals surface area contributed by atoms with Crippen LogP contribution in [0.4, 0.5) is 0 Å². The molecular formula is C18H17N3O2. The van der Waals surface area contributed by atoms with E-state index in [4.69, 9.17) is 4.74 Å². The number of benzene rings is 1. The van der Waals surface area contributed by atoms with E-state index in [9.17, 15) is 4.79 Å². The van der Waals surface area contributed by atoms with E-state index in [2.05, 4.69) is 10.1 Å². The molecule has 0 fully saturated rings. The van der Waals surface area contributed by atoms with Crippen molar-refractivity contribution in [2.75, 3.05) is 6.61 Å². The van der Waals surface area contributed by atoms with Gasteiger partial charge in [0.1, 0.15) is 6.61 Å². The Hall–Kier alpha value is -2.95. The molecule has 1 aromatic carbocycles. The lowest BCUT2D eigenvalue weighted by Gasteiger charge is -2.02. The van der Waals surface area contributed by atoms with Gasteiger partial charge in [0.15, 0.2) is 5.65 Å². The summed E-state index contributed by atoms with van der Waals surface area (Å²) in [7, 11) is 1.83. The van der Waals surface area contributed by atoms with Crippen molar-refractivity contribution >= 4 is 23.1 Å². The summed E-state index contributed by atoms with van der Waals surface area (Å²) in [5, 5.41) is 5.15. The second-order valence-electron chi connectivity index (χ2n) is 5.22. The molecule has 23 heavy (non-hydrogen) atoms. The Morgan fingerprint density at radius 3 is 2.87 bits per heavy atom. The number of nitrogens with zero attached hydrogens (tertiary/aromatic N) is 3. The molecule has 3 rings (SSSR count). The van der Waals surface area contributed by atoms with Crippen LogP contribution in [0.3, 0.4) is 0 Å². The maximum absolute atomic E-state index is 12.1. The molecule has 0 N–H and O–H groups in total. The number of carbonyl (C=O) groups excluding carboxylic acids is 1. The summed E-state index contributed by atoms with van der Waals surface area (Å²) in [6, 6.07) is 11.6. The van der Waals surface area contributed by atoms with E-state index in [1.807, 2.05) is 56.5 Å². The van der Waals surface area contributed by atoms with Gasteiger partial charge >= 0.3 is 5.97 Å². The zero-order valence-electron chi connectivity index (χ0n) is 13.1. The molecular weight excluding hydrogens is 290 g/mol. The lowest BCUT2D eigenvalue weighted by atomic mass is 10.2. The molecule has 0 spiro atoms. The van der Waals surface area contributed by atoms with Crippen LogP contribution in [-0.2, 0) is 11.8 Å². The fourth-order valence-electron chi connectivity index (χ4n) is 2.38. The van der Waals surface area contributed by atoms with Crippen LogP contribution in [0.15, 0.2) is 48.7 Å². The Bertz CT molecular complexity index is 867.